The Bertz CT molecular complexity index is 900. The third-order valence-corrected chi connectivity index (χ3v) is 3.53. The van der Waals surface area contributed by atoms with E-state index in [1.54, 1.807) is 18.2 Å². The normalized spacial score (nSPS) is 12.2. The van der Waals surface area contributed by atoms with Crippen LogP contribution < -0.4 is 19.5 Å². The van der Waals surface area contributed by atoms with Crippen molar-refractivity contribution in [3.8, 4) is 17.2 Å². The first-order valence-electron chi connectivity index (χ1n) is 8.09. The van der Waals surface area contributed by atoms with Crippen LogP contribution in [0.25, 0.3) is 6.08 Å². The molecule has 0 bridgehead atoms. The molecule has 28 heavy (non-hydrogen) atoms. The van der Waals surface area contributed by atoms with Crippen molar-refractivity contribution < 1.29 is 37.3 Å². The Labute approximate surface area is 158 Å². The summed E-state index contributed by atoms with van der Waals surface area (Å²) in [5.74, 6) is -0.452. The molecule has 1 aliphatic heterocycles. The molecule has 0 spiro atoms. The number of esters is 1. The topological polar surface area (TPSA) is 83.1 Å². The number of ether oxygens (including phenoxy) is 4. The van der Waals surface area contributed by atoms with Crippen molar-refractivity contribution in [3.63, 3.8) is 0 Å². The molecule has 2 aromatic rings. The van der Waals surface area contributed by atoms with E-state index in [9.17, 15) is 18.4 Å². The molecule has 0 aliphatic carbocycles. The number of nitrogens with one attached hydrogen (secondary N) is 1. The van der Waals surface area contributed by atoms with Crippen LogP contribution in [0.3, 0.4) is 0 Å². The average molecular weight is 391 g/mol. The molecule has 9 heteroatoms. The predicted molar refractivity (Wildman–Crippen MR) is 94.3 cm³/mol. The first-order valence-corrected chi connectivity index (χ1v) is 8.09. The van der Waals surface area contributed by atoms with Gasteiger partial charge in [-0.25, -0.2) is 4.79 Å². The number of carbonyl (C=O) groups excluding carboxylic acids is 2. The molecule has 1 N–H and O–H groups in total. The first kappa shape index (κ1) is 19.2. The van der Waals surface area contributed by atoms with Crippen LogP contribution in [0.15, 0.2) is 48.5 Å². The van der Waals surface area contributed by atoms with Crippen molar-refractivity contribution in [1.29, 1.82) is 0 Å². The highest BCUT2D eigenvalue weighted by Crippen LogP contribution is 2.32. The van der Waals surface area contributed by atoms with Gasteiger partial charge in [-0.1, -0.05) is 18.2 Å². The molecule has 0 aromatic heterocycles. The van der Waals surface area contributed by atoms with Gasteiger partial charge in [0.15, 0.2) is 18.1 Å². The Hall–Kier alpha value is -3.62. The molecular formula is C19H15F2NO6. The molecular weight excluding hydrogens is 376 g/mol. The summed E-state index contributed by atoms with van der Waals surface area (Å²) in [6.07, 6.45) is 2.65. The van der Waals surface area contributed by atoms with Gasteiger partial charge in [0, 0.05) is 6.08 Å². The molecule has 1 amide bonds. The number of halogens is 2. The van der Waals surface area contributed by atoms with E-state index in [1.165, 1.54) is 30.3 Å². The van der Waals surface area contributed by atoms with Crippen LogP contribution in [0.4, 0.5) is 14.5 Å². The van der Waals surface area contributed by atoms with Crippen LogP contribution in [0, 0.1) is 0 Å². The van der Waals surface area contributed by atoms with Gasteiger partial charge in [0.2, 0.25) is 6.79 Å². The lowest BCUT2D eigenvalue weighted by Crippen LogP contribution is -2.20. The summed E-state index contributed by atoms with van der Waals surface area (Å²) in [4.78, 5) is 23.6. The minimum Gasteiger partial charge on any atom is -0.454 e. The fraction of sp³-hybridized carbons (Fsp3) is 0.158. The molecule has 0 radical (unpaired) electrons. The molecule has 1 heterocycles. The summed E-state index contributed by atoms with van der Waals surface area (Å²) >= 11 is 0. The highest BCUT2D eigenvalue weighted by Gasteiger charge is 2.14. The van der Waals surface area contributed by atoms with E-state index in [0.29, 0.717) is 17.1 Å². The maximum absolute atomic E-state index is 12.4. The van der Waals surface area contributed by atoms with Crippen molar-refractivity contribution >= 4 is 23.6 Å². The number of hydrogen-bond acceptors (Lipinski definition) is 6. The van der Waals surface area contributed by atoms with Gasteiger partial charge in [0.05, 0.1) is 5.69 Å². The van der Waals surface area contributed by atoms with Crippen molar-refractivity contribution in [2.75, 3.05) is 18.7 Å². The van der Waals surface area contributed by atoms with Gasteiger partial charge in [0.1, 0.15) is 5.75 Å². The van der Waals surface area contributed by atoms with Crippen LogP contribution >= 0.6 is 0 Å². The second-order valence-corrected chi connectivity index (χ2v) is 5.48. The number of benzene rings is 2. The van der Waals surface area contributed by atoms with Crippen LogP contribution in [0.5, 0.6) is 17.2 Å². The average Bonchev–Trinajstić information content (AvgIpc) is 3.13. The molecule has 7 nitrogen and oxygen atoms in total. The lowest BCUT2D eigenvalue weighted by Gasteiger charge is -2.11. The molecule has 146 valence electrons. The van der Waals surface area contributed by atoms with Crippen molar-refractivity contribution in [2.45, 2.75) is 6.61 Å². The fourth-order valence-corrected chi connectivity index (χ4v) is 2.32. The third-order valence-electron chi connectivity index (χ3n) is 3.53. The first-order chi connectivity index (χ1) is 13.5. The zero-order valence-electron chi connectivity index (χ0n) is 14.4. The number of carbonyl (C=O) groups is 2. The van der Waals surface area contributed by atoms with Crippen molar-refractivity contribution in [3.05, 3.63) is 54.1 Å². The summed E-state index contributed by atoms with van der Waals surface area (Å²) in [7, 11) is 0. The van der Waals surface area contributed by atoms with Crippen molar-refractivity contribution in [1.82, 2.24) is 0 Å². The summed E-state index contributed by atoms with van der Waals surface area (Å²) in [5.41, 5.74) is 0.725. The van der Waals surface area contributed by atoms with E-state index in [0.717, 1.165) is 6.08 Å². The van der Waals surface area contributed by atoms with E-state index >= 15 is 0 Å². The molecule has 0 saturated carbocycles. The number of amides is 1. The fourth-order valence-electron chi connectivity index (χ4n) is 2.32. The number of alkyl halides is 2. The molecule has 0 fully saturated rings. The molecule has 3 rings (SSSR count). The minimum atomic E-state index is -3.03. The van der Waals surface area contributed by atoms with Gasteiger partial charge in [-0.3, -0.25) is 4.79 Å². The highest BCUT2D eigenvalue weighted by atomic mass is 19.3. The van der Waals surface area contributed by atoms with E-state index in [4.69, 9.17) is 14.2 Å². The van der Waals surface area contributed by atoms with Crippen LogP contribution in [-0.2, 0) is 14.3 Å². The predicted octanol–water partition coefficient (Wildman–Crippen LogP) is 3.21. The maximum atomic E-state index is 12.4. The van der Waals surface area contributed by atoms with Gasteiger partial charge in [-0.2, -0.15) is 8.78 Å². The molecule has 1 aliphatic rings. The summed E-state index contributed by atoms with van der Waals surface area (Å²) in [6, 6.07) is 10.8. The largest absolute Gasteiger partial charge is 0.454 e. The van der Waals surface area contributed by atoms with Gasteiger partial charge in [0.25, 0.3) is 5.91 Å². The number of anilines is 1. The zero-order chi connectivity index (χ0) is 19.9. The maximum Gasteiger partial charge on any atom is 0.387 e. The second-order valence-electron chi connectivity index (χ2n) is 5.48. The Morgan fingerprint density at radius 3 is 2.75 bits per heavy atom. The van der Waals surface area contributed by atoms with Crippen LogP contribution in [0.1, 0.15) is 5.56 Å². The van der Waals surface area contributed by atoms with Crippen molar-refractivity contribution in [2.24, 2.45) is 0 Å². The summed E-state index contributed by atoms with van der Waals surface area (Å²) in [6.45, 7) is -3.48. The number of rotatable bonds is 7. The standard InChI is InChI=1S/C19H15F2NO6/c20-19(21)28-14-4-2-1-3-13(14)22-17(23)10-25-18(24)8-6-12-5-7-15-16(9-12)27-11-26-15/h1-9,19H,10-11H2,(H,22,23). The second kappa shape index (κ2) is 8.85. The van der Waals surface area contributed by atoms with Crippen LogP contribution in [-0.4, -0.2) is 31.9 Å². The SMILES string of the molecule is O=C(COC(=O)C=Cc1ccc2c(c1)OCO2)Nc1ccccc1OC(F)F. The molecule has 0 unspecified atom stereocenters. The van der Waals surface area contributed by atoms with E-state index in [2.05, 4.69) is 10.1 Å². The Morgan fingerprint density at radius 2 is 1.93 bits per heavy atom. The quantitative estimate of drug-likeness (QED) is 0.577. The molecule has 0 saturated heterocycles. The summed E-state index contributed by atoms with van der Waals surface area (Å²) in [5, 5.41) is 2.34. The number of fused-ring (bicyclic) bond motifs is 1. The lowest BCUT2D eigenvalue weighted by molar-refractivity contribution is -0.142. The number of para-hydroxylation sites is 2. The lowest BCUT2D eigenvalue weighted by atomic mass is 10.2. The minimum absolute atomic E-state index is 0.0414. The van der Waals surface area contributed by atoms with E-state index in [1.807, 2.05) is 0 Å². The van der Waals surface area contributed by atoms with Gasteiger partial charge < -0.3 is 24.3 Å². The number of hydrogen-bond donors (Lipinski definition) is 1. The monoisotopic (exact) mass is 391 g/mol. The third kappa shape index (κ3) is 5.19. The Morgan fingerprint density at radius 1 is 1.14 bits per heavy atom. The smallest absolute Gasteiger partial charge is 0.387 e. The van der Waals surface area contributed by atoms with Gasteiger partial charge in [-0.05, 0) is 35.9 Å². The molecule has 0 atom stereocenters. The zero-order valence-corrected chi connectivity index (χ0v) is 14.4. The highest BCUT2D eigenvalue weighted by molar-refractivity contribution is 5.95. The van der Waals surface area contributed by atoms with Gasteiger partial charge in [-0.15, -0.1) is 0 Å². The van der Waals surface area contributed by atoms with Crippen LogP contribution in [0.2, 0.25) is 0 Å². The van der Waals surface area contributed by atoms with Gasteiger partial charge >= 0.3 is 12.6 Å². The Kier molecular flexibility index (Phi) is 6.05. The Balaban J connectivity index is 1.50. The van der Waals surface area contributed by atoms with E-state index in [-0.39, 0.29) is 18.2 Å². The molecule has 2 aromatic carbocycles. The van der Waals surface area contributed by atoms with E-state index < -0.39 is 25.1 Å². The summed E-state index contributed by atoms with van der Waals surface area (Å²) < 4.78 is 44.3.